The van der Waals surface area contributed by atoms with Crippen LogP contribution >= 0.6 is 0 Å². The van der Waals surface area contributed by atoms with E-state index in [1.54, 1.807) is 6.08 Å². The lowest BCUT2D eigenvalue weighted by molar-refractivity contribution is -0.143. The number of carboxylic acids is 1. The van der Waals surface area contributed by atoms with E-state index in [1.807, 2.05) is 48.5 Å². The van der Waals surface area contributed by atoms with Crippen molar-refractivity contribution in [2.75, 3.05) is 20.3 Å². The summed E-state index contributed by atoms with van der Waals surface area (Å²) >= 11 is 0. The summed E-state index contributed by atoms with van der Waals surface area (Å²) in [4.78, 5) is 36.5. The monoisotopic (exact) mass is 452 g/mol. The average Bonchev–Trinajstić information content (AvgIpc) is 3.13. The second-order valence-corrected chi connectivity index (χ2v) is 7.74. The Balaban J connectivity index is 1.65. The van der Waals surface area contributed by atoms with E-state index in [-0.39, 0.29) is 25.6 Å². The number of carbonyl (C=O) groups excluding carboxylic acids is 2. The van der Waals surface area contributed by atoms with Gasteiger partial charge in [-0.1, -0.05) is 54.6 Å². The van der Waals surface area contributed by atoms with Crippen molar-refractivity contribution in [2.45, 2.75) is 30.8 Å². The number of hydrogen-bond acceptors (Lipinski definition) is 5. The molecule has 2 aromatic rings. The fraction of sp³-hybridized carbons (Fsp3) is 0.320. The molecule has 1 aliphatic carbocycles. The van der Waals surface area contributed by atoms with Crippen LogP contribution in [0.3, 0.4) is 0 Å². The van der Waals surface area contributed by atoms with Gasteiger partial charge in [0.05, 0.1) is 6.61 Å². The number of benzene rings is 2. The molecular weight excluding hydrogens is 424 g/mol. The maximum atomic E-state index is 12.6. The van der Waals surface area contributed by atoms with E-state index in [0.717, 1.165) is 22.3 Å². The van der Waals surface area contributed by atoms with Gasteiger partial charge in [0.15, 0.2) is 6.04 Å². The number of allylic oxidation sites excluding steroid dienone is 1. The molecule has 3 rings (SSSR count). The van der Waals surface area contributed by atoms with Crippen molar-refractivity contribution in [3.63, 3.8) is 0 Å². The molecule has 33 heavy (non-hydrogen) atoms. The smallest absolute Gasteiger partial charge is 0.407 e. The number of methoxy groups -OCH3 is 1. The van der Waals surface area contributed by atoms with E-state index >= 15 is 0 Å². The lowest BCUT2D eigenvalue weighted by Crippen LogP contribution is -2.53. The van der Waals surface area contributed by atoms with E-state index in [1.165, 1.54) is 7.11 Å². The summed E-state index contributed by atoms with van der Waals surface area (Å²) < 4.78 is 10.3. The summed E-state index contributed by atoms with van der Waals surface area (Å²) in [5.74, 6) is -1.97. The standard InChI is InChI=1S/C25H28N2O6/c1-3-4-13-21(23(28)26-22(15-32-2)24(29)30)27-25(31)33-14-20-18-11-7-5-9-16(18)17-10-6-8-12-19(17)20/h3,5-12,20-22H,1,4,13-15H2,2H3,(H,26,28)(H,27,31)(H,29,30)/t21?,22-/m0/s1. The normalized spacial score (nSPS) is 13.8. The first-order valence-electron chi connectivity index (χ1n) is 10.7. The molecule has 8 nitrogen and oxygen atoms in total. The van der Waals surface area contributed by atoms with Crippen LogP contribution in [0.15, 0.2) is 61.2 Å². The lowest BCUT2D eigenvalue weighted by atomic mass is 9.98. The first-order chi connectivity index (χ1) is 16.0. The number of fused-ring (bicyclic) bond motifs is 3. The zero-order chi connectivity index (χ0) is 23.8. The van der Waals surface area contributed by atoms with Crippen molar-refractivity contribution in [2.24, 2.45) is 0 Å². The van der Waals surface area contributed by atoms with Crippen LogP contribution in [0.5, 0.6) is 0 Å². The quantitative estimate of drug-likeness (QED) is 0.452. The second kappa shape index (κ2) is 11.3. The molecule has 0 fully saturated rings. The van der Waals surface area contributed by atoms with Gasteiger partial charge in [-0.3, -0.25) is 4.79 Å². The molecule has 0 aliphatic heterocycles. The lowest BCUT2D eigenvalue weighted by Gasteiger charge is -2.21. The van der Waals surface area contributed by atoms with Gasteiger partial charge in [0, 0.05) is 13.0 Å². The zero-order valence-corrected chi connectivity index (χ0v) is 18.5. The number of hydrogen-bond donors (Lipinski definition) is 3. The molecule has 8 heteroatoms. The molecule has 0 aromatic heterocycles. The molecule has 1 unspecified atom stereocenters. The largest absolute Gasteiger partial charge is 0.480 e. The van der Waals surface area contributed by atoms with Crippen LogP contribution < -0.4 is 10.6 Å². The average molecular weight is 453 g/mol. The van der Waals surface area contributed by atoms with Crippen LogP contribution in [-0.4, -0.2) is 55.5 Å². The maximum Gasteiger partial charge on any atom is 0.407 e. The molecule has 0 spiro atoms. The molecule has 2 atom stereocenters. The number of carbonyl (C=O) groups is 3. The fourth-order valence-electron chi connectivity index (χ4n) is 3.95. The summed E-state index contributed by atoms with van der Waals surface area (Å²) in [6.07, 6.45) is 1.56. The van der Waals surface area contributed by atoms with Crippen molar-refractivity contribution in [1.82, 2.24) is 10.6 Å². The Morgan fingerprint density at radius 3 is 2.18 bits per heavy atom. The van der Waals surface area contributed by atoms with Gasteiger partial charge >= 0.3 is 12.1 Å². The van der Waals surface area contributed by atoms with Crippen molar-refractivity contribution in [1.29, 1.82) is 0 Å². The van der Waals surface area contributed by atoms with Crippen molar-refractivity contribution in [3.8, 4) is 11.1 Å². The molecule has 0 saturated heterocycles. The molecule has 3 N–H and O–H groups in total. The number of carboxylic acid groups (broad SMARTS) is 1. The highest BCUT2D eigenvalue weighted by molar-refractivity contribution is 5.89. The number of nitrogens with one attached hydrogen (secondary N) is 2. The van der Waals surface area contributed by atoms with E-state index in [9.17, 15) is 19.5 Å². The van der Waals surface area contributed by atoms with Crippen LogP contribution in [0.1, 0.15) is 29.9 Å². The summed E-state index contributed by atoms with van der Waals surface area (Å²) in [6, 6.07) is 13.8. The summed E-state index contributed by atoms with van der Waals surface area (Å²) in [5.41, 5.74) is 4.39. The molecule has 174 valence electrons. The van der Waals surface area contributed by atoms with Crippen LogP contribution in [-0.2, 0) is 19.1 Å². The minimum Gasteiger partial charge on any atom is -0.480 e. The summed E-state index contributed by atoms with van der Waals surface area (Å²) in [5, 5.41) is 14.2. The number of alkyl carbamates (subject to hydrolysis) is 1. The third-order valence-electron chi connectivity index (χ3n) is 5.56. The Labute approximate surface area is 192 Å². The SMILES string of the molecule is C=CCCC(NC(=O)OCC1c2ccccc2-c2ccccc21)C(=O)N[C@@H](COC)C(=O)O. The van der Waals surface area contributed by atoms with Crippen molar-refractivity contribution < 1.29 is 29.0 Å². The third-order valence-corrected chi connectivity index (χ3v) is 5.56. The molecular formula is C25H28N2O6. The Morgan fingerprint density at radius 2 is 1.64 bits per heavy atom. The molecule has 0 bridgehead atoms. The molecule has 2 amide bonds. The highest BCUT2D eigenvalue weighted by Gasteiger charge is 2.30. The Kier molecular flexibility index (Phi) is 8.21. The van der Waals surface area contributed by atoms with Crippen LogP contribution in [0.4, 0.5) is 4.79 Å². The van der Waals surface area contributed by atoms with Gasteiger partial charge in [0.25, 0.3) is 0 Å². The van der Waals surface area contributed by atoms with Gasteiger partial charge < -0.3 is 25.2 Å². The van der Waals surface area contributed by atoms with E-state index in [4.69, 9.17) is 9.47 Å². The van der Waals surface area contributed by atoms with E-state index < -0.39 is 30.1 Å². The van der Waals surface area contributed by atoms with Crippen LogP contribution in [0.2, 0.25) is 0 Å². The Morgan fingerprint density at radius 1 is 1.03 bits per heavy atom. The molecule has 0 heterocycles. The van der Waals surface area contributed by atoms with Gasteiger partial charge in [-0.25, -0.2) is 9.59 Å². The number of ether oxygens (including phenoxy) is 2. The first-order valence-corrected chi connectivity index (χ1v) is 10.7. The minimum absolute atomic E-state index is 0.108. The molecule has 0 saturated carbocycles. The predicted molar refractivity (Wildman–Crippen MR) is 123 cm³/mol. The van der Waals surface area contributed by atoms with Crippen molar-refractivity contribution in [3.05, 3.63) is 72.3 Å². The van der Waals surface area contributed by atoms with E-state index in [0.29, 0.717) is 6.42 Å². The van der Waals surface area contributed by atoms with Gasteiger partial charge in [0.2, 0.25) is 5.91 Å². The highest BCUT2D eigenvalue weighted by atomic mass is 16.5. The van der Waals surface area contributed by atoms with Crippen LogP contribution in [0, 0.1) is 0 Å². The third kappa shape index (κ3) is 5.78. The van der Waals surface area contributed by atoms with Crippen LogP contribution in [0.25, 0.3) is 11.1 Å². The molecule has 2 aromatic carbocycles. The van der Waals surface area contributed by atoms with Gasteiger partial charge in [0.1, 0.15) is 12.6 Å². The zero-order valence-electron chi connectivity index (χ0n) is 18.5. The first kappa shape index (κ1) is 24.0. The van der Waals surface area contributed by atoms with Gasteiger partial charge in [-0.15, -0.1) is 6.58 Å². The van der Waals surface area contributed by atoms with Gasteiger partial charge in [-0.05, 0) is 35.1 Å². The summed E-state index contributed by atoms with van der Waals surface area (Å²) in [7, 11) is 1.34. The minimum atomic E-state index is -1.23. The van der Waals surface area contributed by atoms with Crippen molar-refractivity contribution >= 4 is 18.0 Å². The topological polar surface area (TPSA) is 114 Å². The highest BCUT2D eigenvalue weighted by Crippen LogP contribution is 2.44. The number of rotatable bonds is 11. The molecule has 1 aliphatic rings. The Bertz CT molecular complexity index is 976. The second-order valence-electron chi connectivity index (χ2n) is 7.74. The van der Waals surface area contributed by atoms with E-state index in [2.05, 4.69) is 17.2 Å². The number of aliphatic carboxylic acids is 1. The fourth-order valence-corrected chi connectivity index (χ4v) is 3.95. The number of amides is 2. The van der Waals surface area contributed by atoms with Gasteiger partial charge in [-0.2, -0.15) is 0 Å². The molecule has 0 radical (unpaired) electrons. The summed E-state index contributed by atoms with van der Waals surface area (Å²) in [6.45, 7) is 3.55. The Hall–Kier alpha value is -3.65. The maximum absolute atomic E-state index is 12.6. The predicted octanol–water partition coefficient (Wildman–Crippen LogP) is 3.08.